The van der Waals surface area contributed by atoms with Crippen molar-refractivity contribution >= 4 is 11.8 Å². The van der Waals surface area contributed by atoms with Gasteiger partial charge in [-0.1, -0.05) is 0 Å². The molecule has 0 atom stereocenters. The van der Waals surface area contributed by atoms with E-state index in [0.29, 0.717) is 0 Å². The van der Waals surface area contributed by atoms with Crippen LogP contribution in [0.2, 0.25) is 0 Å². The second-order valence-corrected chi connectivity index (χ2v) is 6.36. The van der Waals surface area contributed by atoms with Crippen molar-refractivity contribution in [2.24, 2.45) is 0 Å². The smallest absolute Gasteiger partial charge is 0.122 e. The second kappa shape index (κ2) is 5.11. The summed E-state index contributed by atoms with van der Waals surface area (Å²) in [5, 5.41) is 9.27. The van der Waals surface area contributed by atoms with Gasteiger partial charge >= 0.3 is 0 Å². The summed E-state index contributed by atoms with van der Waals surface area (Å²) in [5.74, 6) is 0.920. The molecule has 0 unspecified atom stereocenters. The average molecular weight is 240 g/mol. The highest BCUT2D eigenvalue weighted by Crippen LogP contribution is 2.36. The summed E-state index contributed by atoms with van der Waals surface area (Å²) in [6, 6.07) is 4.17. The Bertz CT molecular complexity index is 372. The minimum atomic E-state index is -0.147. The summed E-state index contributed by atoms with van der Waals surface area (Å²) in [7, 11) is 1.69. The molecule has 2 nitrogen and oxygen atoms in total. The third-order valence-electron chi connectivity index (χ3n) is 2.46. The zero-order valence-corrected chi connectivity index (χ0v) is 11.4. The van der Waals surface area contributed by atoms with Crippen LogP contribution in [0.15, 0.2) is 17.0 Å². The second-order valence-electron chi connectivity index (χ2n) is 4.61. The Balaban J connectivity index is 3.02. The number of aryl methyl sites for hydroxylation is 2. The Kier molecular flexibility index (Phi) is 4.28. The Hall–Kier alpha value is -0.670. The predicted molar refractivity (Wildman–Crippen MR) is 69.5 cm³/mol. The number of methoxy groups -OCH3 is 1. The van der Waals surface area contributed by atoms with E-state index < -0.39 is 0 Å². The number of thioether (sulfide) groups is 1. The summed E-state index contributed by atoms with van der Waals surface area (Å²) in [6.45, 7) is 8.35. The van der Waals surface area contributed by atoms with E-state index in [4.69, 9.17) is 4.74 Å². The lowest BCUT2D eigenvalue weighted by Crippen LogP contribution is -2.19. The molecule has 0 amide bonds. The number of hydrogen-bond acceptors (Lipinski definition) is 3. The summed E-state index contributed by atoms with van der Waals surface area (Å²) in [6.07, 6.45) is 0. The Labute approximate surface area is 102 Å². The molecule has 0 radical (unpaired) electrons. The molecule has 1 aromatic rings. The van der Waals surface area contributed by atoms with E-state index in [0.717, 1.165) is 11.3 Å². The van der Waals surface area contributed by atoms with Crippen molar-refractivity contribution in [2.75, 3.05) is 13.7 Å². The Morgan fingerprint density at radius 2 is 1.88 bits per heavy atom. The highest BCUT2D eigenvalue weighted by molar-refractivity contribution is 8.00. The van der Waals surface area contributed by atoms with Crippen LogP contribution < -0.4 is 4.74 Å². The third kappa shape index (κ3) is 3.16. The van der Waals surface area contributed by atoms with Crippen molar-refractivity contribution in [2.45, 2.75) is 37.3 Å². The van der Waals surface area contributed by atoms with Crippen molar-refractivity contribution in [1.29, 1.82) is 0 Å². The lowest BCUT2D eigenvalue weighted by Gasteiger charge is -2.22. The van der Waals surface area contributed by atoms with Crippen molar-refractivity contribution in [3.05, 3.63) is 23.3 Å². The van der Waals surface area contributed by atoms with Gasteiger partial charge in [-0.15, -0.1) is 11.8 Å². The van der Waals surface area contributed by atoms with Crippen molar-refractivity contribution in [3.63, 3.8) is 0 Å². The summed E-state index contributed by atoms with van der Waals surface area (Å²) in [5.41, 5.74) is 2.32. The molecule has 0 bridgehead atoms. The minimum Gasteiger partial charge on any atom is -0.496 e. The summed E-state index contributed by atoms with van der Waals surface area (Å²) in [4.78, 5) is 1.21. The Morgan fingerprint density at radius 3 is 2.38 bits per heavy atom. The number of benzene rings is 1. The first-order chi connectivity index (χ1) is 7.39. The van der Waals surface area contributed by atoms with Crippen LogP contribution in [0, 0.1) is 13.8 Å². The van der Waals surface area contributed by atoms with Gasteiger partial charge in [-0.3, -0.25) is 0 Å². The third-order valence-corrected chi connectivity index (χ3v) is 3.80. The lowest BCUT2D eigenvalue weighted by atomic mass is 10.1. The molecule has 1 rings (SSSR count). The first-order valence-corrected chi connectivity index (χ1v) is 6.16. The molecule has 0 aromatic heterocycles. The van der Waals surface area contributed by atoms with E-state index in [9.17, 15) is 5.11 Å². The predicted octanol–water partition coefficient (Wildman–Crippen LogP) is 3.18. The fourth-order valence-electron chi connectivity index (χ4n) is 1.42. The van der Waals surface area contributed by atoms with Gasteiger partial charge in [-0.25, -0.2) is 0 Å². The molecule has 0 saturated carbocycles. The largest absolute Gasteiger partial charge is 0.496 e. The van der Waals surface area contributed by atoms with E-state index in [2.05, 4.69) is 13.0 Å². The van der Waals surface area contributed by atoms with Gasteiger partial charge in [0.25, 0.3) is 0 Å². The SMILES string of the molecule is COc1cc(C)c(SC(C)(C)CO)cc1C. The van der Waals surface area contributed by atoms with Gasteiger partial charge in [0.2, 0.25) is 0 Å². The van der Waals surface area contributed by atoms with Crippen LogP contribution in [-0.2, 0) is 0 Å². The lowest BCUT2D eigenvalue weighted by molar-refractivity contribution is 0.265. The monoisotopic (exact) mass is 240 g/mol. The zero-order valence-electron chi connectivity index (χ0n) is 10.6. The number of aliphatic hydroxyl groups excluding tert-OH is 1. The quantitative estimate of drug-likeness (QED) is 0.820. The Morgan fingerprint density at radius 1 is 1.25 bits per heavy atom. The molecule has 1 N–H and O–H groups in total. The molecule has 0 aliphatic rings. The number of hydrogen-bond donors (Lipinski definition) is 1. The van der Waals surface area contributed by atoms with Crippen molar-refractivity contribution in [1.82, 2.24) is 0 Å². The normalized spacial score (nSPS) is 11.6. The van der Waals surface area contributed by atoms with E-state index in [1.54, 1.807) is 18.9 Å². The zero-order chi connectivity index (χ0) is 12.3. The van der Waals surface area contributed by atoms with Gasteiger partial charge < -0.3 is 9.84 Å². The minimum absolute atomic E-state index is 0.147. The highest BCUT2D eigenvalue weighted by Gasteiger charge is 2.19. The molecule has 0 spiro atoms. The van der Waals surface area contributed by atoms with Gasteiger partial charge in [0.1, 0.15) is 5.75 Å². The van der Waals surface area contributed by atoms with Gasteiger partial charge in [0, 0.05) is 9.64 Å². The van der Waals surface area contributed by atoms with Crippen LogP contribution in [0.1, 0.15) is 25.0 Å². The first-order valence-electron chi connectivity index (χ1n) is 5.35. The molecule has 0 aliphatic heterocycles. The molecule has 0 heterocycles. The van der Waals surface area contributed by atoms with Crippen molar-refractivity contribution < 1.29 is 9.84 Å². The van der Waals surface area contributed by atoms with Crippen molar-refractivity contribution in [3.8, 4) is 5.75 Å². The molecule has 0 aliphatic carbocycles. The van der Waals surface area contributed by atoms with Crippen LogP contribution >= 0.6 is 11.8 Å². The van der Waals surface area contributed by atoms with E-state index >= 15 is 0 Å². The van der Waals surface area contributed by atoms with Crippen LogP contribution in [0.3, 0.4) is 0 Å². The highest BCUT2D eigenvalue weighted by atomic mass is 32.2. The molecule has 16 heavy (non-hydrogen) atoms. The fraction of sp³-hybridized carbons (Fsp3) is 0.538. The molecular weight excluding hydrogens is 220 g/mol. The summed E-state index contributed by atoms with van der Waals surface area (Å²) < 4.78 is 5.13. The number of aliphatic hydroxyl groups is 1. The molecule has 0 saturated heterocycles. The maximum absolute atomic E-state index is 9.27. The topological polar surface area (TPSA) is 29.5 Å². The van der Waals surface area contributed by atoms with Crippen LogP contribution in [0.5, 0.6) is 5.75 Å². The van der Waals surface area contributed by atoms with Crippen LogP contribution in [0.25, 0.3) is 0 Å². The van der Waals surface area contributed by atoms with Gasteiger partial charge in [-0.05, 0) is 51.0 Å². The average Bonchev–Trinajstić information content (AvgIpc) is 2.22. The van der Waals surface area contributed by atoms with Gasteiger partial charge in [0.05, 0.1) is 13.7 Å². The first kappa shape index (κ1) is 13.4. The molecular formula is C13H20O2S. The van der Waals surface area contributed by atoms with Crippen LogP contribution in [-0.4, -0.2) is 23.6 Å². The number of rotatable bonds is 4. The van der Waals surface area contributed by atoms with E-state index in [-0.39, 0.29) is 11.4 Å². The maximum atomic E-state index is 9.27. The summed E-state index contributed by atoms with van der Waals surface area (Å²) >= 11 is 1.70. The molecule has 3 heteroatoms. The van der Waals surface area contributed by atoms with E-state index in [1.807, 2.05) is 26.8 Å². The molecule has 90 valence electrons. The maximum Gasteiger partial charge on any atom is 0.122 e. The van der Waals surface area contributed by atoms with Crippen LogP contribution in [0.4, 0.5) is 0 Å². The number of ether oxygens (including phenoxy) is 1. The standard InChI is InChI=1S/C13H20O2S/c1-9-7-12(16-13(3,4)8-14)10(2)6-11(9)15-5/h6-7,14H,8H2,1-5H3. The van der Waals surface area contributed by atoms with Gasteiger partial charge in [-0.2, -0.15) is 0 Å². The molecule has 1 aromatic carbocycles. The van der Waals surface area contributed by atoms with Gasteiger partial charge in [0.15, 0.2) is 0 Å². The van der Waals surface area contributed by atoms with E-state index in [1.165, 1.54) is 10.5 Å². The fourth-order valence-corrected chi connectivity index (χ4v) is 2.54. The molecule has 0 fully saturated rings.